The summed E-state index contributed by atoms with van der Waals surface area (Å²) in [6, 6.07) is 13.5. The van der Waals surface area contributed by atoms with Crippen LogP contribution in [0.15, 0.2) is 54.7 Å². The van der Waals surface area contributed by atoms with Gasteiger partial charge in [0.25, 0.3) is 0 Å². The van der Waals surface area contributed by atoms with Crippen molar-refractivity contribution in [1.82, 2.24) is 14.6 Å². The van der Waals surface area contributed by atoms with E-state index in [2.05, 4.69) is 15.5 Å². The van der Waals surface area contributed by atoms with Crippen LogP contribution < -0.4 is 19.5 Å². The fourth-order valence-electron chi connectivity index (χ4n) is 3.07. The standard InChI is InChI=1S/C21H19FN4O3/c1-27-17-10-13(11-18(28-2)20(17)29-3)21-25-24-19-9-8-16(12-26(19)21)23-15-6-4-14(22)5-7-15/h4-12,23H,1-3H3. The van der Waals surface area contributed by atoms with E-state index in [1.807, 2.05) is 34.9 Å². The van der Waals surface area contributed by atoms with Crippen LogP contribution in [0.3, 0.4) is 0 Å². The van der Waals surface area contributed by atoms with Gasteiger partial charge in [0.2, 0.25) is 5.75 Å². The molecule has 2 heterocycles. The summed E-state index contributed by atoms with van der Waals surface area (Å²) in [7, 11) is 4.68. The minimum Gasteiger partial charge on any atom is -0.493 e. The number of methoxy groups -OCH3 is 3. The van der Waals surface area contributed by atoms with Crippen LogP contribution in [0.4, 0.5) is 15.8 Å². The van der Waals surface area contributed by atoms with E-state index in [9.17, 15) is 4.39 Å². The van der Waals surface area contributed by atoms with Crippen molar-refractivity contribution in [1.29, 1.82) is 0 Å². The fraction of sp³-hybridized carbons (Fsp3) is 0.143. The van der Waals surface area contributed by atoms with Crippen LogP contribution in [0.25, 0.3) is 17.0 Å². The number of aromatic nitrogens is 3. The number of halogens is 1. The highest BCUT2D eigenvalue weighted by Crippen LogP contribution is 2.40. The smallest absolute Gasteiger partial charge is 0.203 e. The molecule has 1 N–H and O–H groups in total. The molecule has 0 saturated carbocycles. The van der Waals surface area contributed by atoms with Crippen molar-refractivity contribution < 1.29 is 18.6 Å². The second-order valence-corrected chi connectivity index (χ2v) is 6.22. The number of nitrogens with one attached hydrogen (secondary N) is 1. The number of fused-ring (bicyclic) bond motifs is 1. The topological polar surface area (TPSA) is 69.9 Å². The van der Waals surface area contributed by atoms with Gasteiger partial charge in [0.15, 0.2) is 23.0 Å². The quantitative estimate of drug-likeness (QED) is 0.526. The number of pyridine rings is 1. The lowest BCUT2D eigenvalue weighted by atomic mass is 10.1. The summed E-state index contributed by atoms with van der Waals surface area (Å²) in [5.74, 6) is 1.89. The van der Waals surface area contributed by atoms with Gasteiger partial charge >= 0.3 is 0 Å². The SMILES string of the molecule is COc1cc(-c2nnc3ccc(Nc4ccc(F)cc4)cn23)cc(OC)c1OC. The average Bonchev–Trinajstić information content (AvgIpc) is 3.17. The first-order valence-corrected chi connectivity index (χ1v) is 8.80. The van der Waals surface area contributed by atoms with Crippen LogP contribution in [0.5, 0.6) is 17.2 Å². The predicted molar refractivity (Wildman–Crippen MR) is 108 cm³/mol. The Balaban J connectivity index is 1.77. The first-order valence-electron chi connectivity index (χ1n) is 8.80. The van der Waals surface area contributed by atoms with Gasteiger partial charge in [-0.1, -0.05) is 0 Å². The number of ether oxygens (including phenoxy) is 3. The summed E-state index contributed by atoms with van der Waals surface area (Å²) in [5.41, 5.74) is 3.01. The van der Waals surface area contributed by atoms with Crippen molar-refractivity contribution in [3.8, 4) is 28.6 Å². The molecule has 2 aromatic heterocycles. The van der Waals surface area contributed by atoms with Crippen LogP contribution in [-0.2, 0) is 0 Å². The van der Waals surface area contributed by atoms with Crippen molar-refractivity contribution in [2.45, 2.75) is 0 Å². The molecule has 0 aliphatic heterocycles. The number of hydrogen-bond donors (Lipinski definition) is 1. The molecule has 0 spiro atoms. The van der Waals surface area contributed by atoms with Crippen LogP contribution >= 0.6 is 0 Å². The molecular formula is C21H19FN4O3. The van der Waals surface area contributed by atoms with Crippen molar-refractivity contribution in [2.24, 2.45) is 0 Å². The predicted octanol–water partition coefficient (Wildman–Crippen LogP) is 4.30. The maximum absolute atomic E-state index is 13.1. The Morgan fingerprint density at radius 2 is 1.48 bits per heavy atom. The van der Waals surface area contributed by atoms with Gasteiger partial charge in [-0.2, -0.15) is 0 Å². The van der Waals surface area contributed by atoms with Gasteiger partial charge in [0, 0.05) is 17.4 Å². The summed E-state index contributed by atoms with van der Waals surface area (Å²) in [6.45, 7) is 0. The highest BCUT2D eigenvalue weighted by atomic mass is 19.1. The third kappa shape index (κ3) is 3.52. The van der Waals surface area contributed by atoms with Crippen molar-refractivity contribution in [3.05, 3.63) is 60.5 Å². The second-order valence-electron chi connectivity index (χ2n) is 6.22. The normalized spacial score (nSPS) is 10.8. The number of nitrogens with zero attached hydrogens (tertiary/aromatic N) is 3. The van der Waals surface area contributed by atoms with Gasteiger partial charge in [-0.05, 0) is 48.5 Å². The molecule has 0 amide bonds. The number of hydrogen-bond acceptors (Lipinski definition) is 6. The highest BCUT2D eigenvalue weighted by Gasteiger charge is 2.17. The van der Waals surface area contributed by atoms with Crippen LogP contribution in [0.2, 0.25) is 0 Å². The lowest BCUT2D eigenvalue weighted by Crippen LogP contribution is -1.98. The van der Waals surface area contributed by atoms with E-state index >= 15 is 0 Å². The fourth-order valence-corrected chi connectivity index (χ4v) is 3.07. The largest absolute Gasteiger partial charge is 0.493 e. The molecule has 0 radical (unpaired) electrons. The molecule has 0 aliphatic rings. The molecule has 2 aromatic carbocycles. The Bertz CT molecular complexity index is 1130. The molecule has 8 heteroatoms. The molecule has 0 fully saturated rings. The third-order valence-corrected chi connectivity index (χ3v) is 4.46. The van der Waals surface area contributed by atoms with E-state index in [-0.39, 0.29) is 5.82 Å². The minimum absolute atomic E-state index is 0.283. The molecular weight excluding hydrogens is 375 g/mol. The Morgan fingerprint density at radius 3 is 2.10 bits per heavy atom. The Kier molecular flexibility index (Phi) is 4.90. The van der Waals surface area contributed by atoms with E-state index < -0.39 is 0 Å². The highest BCUT2D eigenvalue weighted by molar-refractivity contribution is 5.70. The summed E-state index contributed by atoms with van der Waals surface area (Å²) in [6.07, 6.45) is 1.87. The monoisotopic (exact) mass is 394 g/mol. The first-order chi connectivity index (χ1) is 14.1. The lowest BCUT2D eigenvalue weighted by molar-refractivity contribution is 0.324. The van der Waals surface area contributed by atoms with E-state index in [1.165, 1.54) is 12.1 Å². The zero-order valence-corrected chi connectivity index (χ0v) is 16.1. The van der Waals surface area contributed by atoms with Crippen molar-refractivity contribution >= 4 is 17.0 Å². The molecule has 4 rings (SSSR count). The minimum atomic E-state index is -0.283. The molecule has 7 nitrogen and oxygen atoms in total. The van der Waals surface area contributed by atoms with Crippen LogP contribution in [-0.4, -0.2) is 35.9 Å². The maximum atomic E-state index is 13.1. The average molecular weight is 394 g/mol. The maximum Gasteiger partial charge on any atom is 0.203 e. The molecule has 29 heavy (non-hydrogen) atoms. The summed E-state index contributed by atoms with van der Waals surface area (Å²) in [5, 5.41) is 11.8. The van der Waals surface area contributed by atoms with E-state index in [1.54, 1.807) is 33.5 Å². The summed E-state index contributed by atoms with van der Waals surface area (Å²) < 4.78 is 31.2. The second kappa shape index (κ2) is 7.67. The van der Waals surface area contributed by atoms with Gasteiger partial charge in [0.1, 0.15) is 5.82 Å². The molecule has 0 atom stereocenters. The molecule has 0 unspecified atom stereocenters. The zero-order valence-electron chi connectivity index (χ0n) is 16.1. The Labute approximate surface area is 166 Å². The number of rotatable bonds is 6. The molecule has 0 saturated heterocycles. The molecule has 0 bridgehead atoms. The van der Waals surface area contributed by atoms with Gasteiger partial charge < -0.3 is 19.5 Å². The Hall–Kier alpha value is -3.81. The number of anilines is 2. The zero-order chi connectivity index (χ0) is 20.4. The summed E-state index contributed by atoms with van der Waals surface area (Å²) in [4.78, 5) is 0. The molecule has 4 aromatic rings. The first kappa shape index (κ1) is 18.5. The van der Waals surface area contributed by atoms with Gasteiger partial charge in [0.05, 0.1) is 27.0 Å². The van der Waals surface area contributed by atoms with E-state index in [0.29, 0.717) is 28.7 Å². The van der Waals surface area contributed by atoms with Crippen LogP contribution in [0, 0.1) is 5.82 Å². The third-order valence-electron chi connectivity index (χ3n) is 4.46. The molecule has 148 valence electrons. The lowest BCUT2D eigenvalue weighted by Gasteiger charge is -2.13. The van der Waals surface area contributed by atoms with Crippen molar-refractivity contribution in [3.63, 3.8) is 0 Å². The summed E-state index contributed by atoms with van der Waals surface area (Å²) >= 11 is 0. The van der Waals surface area contributed by atoms with Crippen LogP contribution in [0.1, 0.15) is 0 Å². The van der Waals surface area contributed by atoms with E-state index in [0.717, 1.165) is 16.9 Å². The van der Waals surface area contributed by atoms with Gasteiger partial charge in [-0.15, -0.1) is 10.2 Å². The van der Waals surface area contributed by atoms with Crippen molar-refractivity contribution in [2.75, 3.05) is 26.6 Å². The molecule has 0 aliphatic carbocycles. The van der Waals surface area contributed by atoms with Gasteiger partial charge in [-0.25, -0.2) is 4.39 Å². The Morgan fingerprint density at radius 1 is 0.828 bits per heavy atom. The van der Waals surface area contributed by atoms with E-state index in [4.69, 9.17) is 14.2 Å². The van der Waals surface area contributed by atoms with Gasteiger partial charge in [-0.3, -0.25) is 4.40 Å². The number of benzene rings is 2.